The van der Waals surface area contributed by atoms with Crippen LogP contribution in [0.5, 0.6) is 17.2 Å². The van der Waals surface area contributed by atoms with Crippen LogP contribution in [-0.4, -0.2) is 45.3 Å². The lowest BCUT2D eigenvalue weighted by molar-refractivity contribution is 0.323. The Morgan fingerprint density at radius 1 is 1.03 bits per heavy atom. The van der Waals surface area contributed by atoms with Gasteiger partial charge in [0, 0.05) is 17.7 Å². The molecule has 8 nitrogen and oxygen atoms in total. The number of allylic oxidation sites excluding steroid dienone is 2. The Morgan fingerprint density at radius 2 is 1.70 bits per heavy atom. The number of hydrogen-bond donors (Lipinski definition) is 1. The molecule has 9 heteroatoms. The smallest absolute Gasteiger partial charge is 0.203 e. The van der Waals surface area contributed by atoms with Crippen LogP contribution < -0.4 is 19.5 Å². The van der Waals surface area contributed by atoms with Crippen LogP contribution >= 0.6 is 0 Å². The van der Waals surface area contributed by atoms with Gasteiger partial charge in [-0.3, -0.25) is 0 Å². The first-order valence-electron chi connectivity index (χ1n) is 10.6. The number of benzene rings is 2. The number of hydrogen-bond acceptors (Lipinski definition) is 7. The summed E-state index contributed by atoms with van der Waals surface area (Å²) in [6.45, 7) is 1.90. The molecule has 5 rings (SSSR count). The Bertz CT molecular complexity index is 1350. The molecule has 2 aromatic carbocycles. The second-order valence-corrected chi connectivity index (χ2v) is 10.1. The highest BCUT2D eigenvalue weighted by Crippen LogP contribution is 2.51. The topological polar surface area (TPSA) is 91.7 Å². The first-order valence-corrected chi connectivity index (χ1v) is 12.2. The summed E-state index contributed by atoms with van der Waals surface area (Å²) < 4.78 is 44.8. The second kappa shape index (κ2) is 7.84. The van der Waals surface area contributed by atoms with E-state index in [1.54, 1.807) is 21.3 Å². The molecule has 0 fully saturated rings. The largest absolute Gasteiger partial charge is 0.493 e. The van der Waals surface area contributed by atoms with Crippen LogP contribution in [0.3, 0.4) is 0 Å². The average molecular weight is 468 g/mol. The number of nitrogens with one attached hydrogen (secondary N) is 1. The van der Waals surface area contributed by atoms with Crippen LogP contribution in [0, 0.1) is 6.92 Å². The molecule has 0 spiro atoms. The Balaban J connectivity index is 1.80. The van der Waals surface area contributed by atoms with Gasteiger partial charge in [0.2, 0.25) is 5.75 Å². The number of nitrogens with zero attached hydrogens (tertiary/aromatic N) is 2. The molecule has 1 unspecified atom stereocenters. The Morgan fingerprint density at radius 3 is 2.30 bits per heavy atom. The minimum Gasteiger partial charge on any atom is -0.493 e. The first-order chi connectivity index (χ1) is 15.9. The normalized spacial score (nSPS) is 18.4. The predicted molar refractivity (Wildman–Crippen MR) is 125 cm³/mol. The lowest BCUT2D eigenvalue weighted by Gasteiger charge is -2.28. The van der Waals surface area contributed by atoms with Gasteiger partial charge in [-0.2, -0.15) is 5.10 Å². The number of aromatic nitrogens is 2. The fraction of sp³-hybridized carbons (Fsp3) is 0.292. The van der Waals surface area contributed by atoms with Gasteiger partial charge in [-0.25, -0.2) is 13.1 Å². The van der Waals surface area contributed by atoms with Crippen molar-refractivity contribution in [2.24, 2.45) is 0 Å². The number of aryl methyl sites for hydroxylation is 1. The Kier molecular flexibility index (Phi) is 5.08. The molecular weight excluding hydrogens is 442 g/mol. The van der Waals surface area contributed by atoms with E-state index in [4.69, 9.17) is 19.3 Å². The van der Waals surface area contributed by atoms with Crippen molar-refractivity contribution >= 4 is 15.7 Å². The molecule has 0 aliphatic carbocycles. The zero-order valence-corrected chi connectivity index (χ0v) is 19.7. The molecule has 0 saturated heterocycles. The molecule has 0 radical (unpaired) electrons. The zero-order valence-electron chi connectivity index (χ0n) is 18.9. The molecule has 2 aliphatic heterocycles. The highest BCUT2D eigenvalue weighted by Gasteiger charge is 2.44. The minimum absolute atomic E-state index is 0.0771. The molecule has 1 aromatic heterocycles. The van der Waals surface area contributed by atoms with Crippen molar-refractivity contribution in [3.8, 4) is 22.9 Å². The van der Waals surface area contributed by atoms with Gasteiger partial charge in [0.05, 0.1) is 49.3 Å². The van der Waals surface area contributed by atoms with E-state index in [1.807, 2.05) is 54.1 Å². The fourth-order valence-electron chi connectivity index (χ4n) is 4.76. The fourth-order valence-corrected chi connectivity index (χ4v) is 6.59. The van der Waals surface area contributed by atoms with Crippen LogP contribution in [0.1, 0.15) is 29.2 Å². The number of fused-ring (bicyclic) bond motifs is 1. The molecule has 33 heavy (non-hydrogen) atoms. The zero-order chi connectivity index (χ0) is 23.3. The van der Waals surface area contributed by atoms with E-state index in [-0.39, 0.29) is 5.75 Å². The monoisotopic (exact) mass is 467 g/mol. The summed E-state index contributed by atoms with van der Waals surface area (Å²) in [4.78, 5) is 0.389. The van der Waals surface area contributed by atoms with Gasteiger partial charge in [-0.05, 0) is 36.8 Å². The molecule has 0 saturated carbocycles. The molecule has 1 N–H and O–H groups in total. The van der Waals surface area contributed by atoms with E-state index < -0.39 is 15.8 Å². The quantitative estimate of drug-likeness (QED) is 0.610. The Hall–Kier alpha value is -3.46. The van der Waals surface area contributed by atoms with Crippen LogP contribution in [0.15, 0.2) is 53.1 Å². The van der Waals surface area contributed by atoms with Crippen molar-refractivity contribution in [1.82, 2.24) is 9.78 Å². The number of anilines is 1. The highest BCUT2D eigenvalue weighted by atomic mass is 32.2. The van der Waals surface area contributed by atoms with Gasteiger partial charge in [-0.1, -0.05) is 18.2 Å². The molecule has 3 heterocycles. The van der Waals surface area contributed by atoms with Crippen molar-refractivity contribution < 1.29 is 22.6 Å². The first kappa shape index (κ1) is 21.4. The van der Waals surface area contributed by atoms with Gasteiger partial charge >= 0.3 is 0 Å². The third-order valence-corrected chi connectivity index (χ3v) is 8.10. The number of para-hydroxylation sites is 1. The second-order valence-electron chi connectivity index (χ2n) is 8.02. The van der Waals surface area contributed by atoms with E-state index in [9.17, 15) is 8.42 Å². The van der Waals surface area contributed by atoms with E-state index in [0.717, 1.165) is 28.3 Å². The summed E-state index contributed by atoms with van der Waals surface area (Å²) in [7, 11) is 1.19. The molecule has 1 atom stereocenters. The number of sulfone groups is 1. The minimum atomic E-state index is -3.45. The SMILES string of the molecule is COc1cc(C2C3=C(CCS3(=O)=O)Nc3c2c(C)nn3-c2ccccc2)cc(OC)c1OC. The van der Waals surface area contributed by atoms with E-state index in [1.165, 1.54) is 0 Å². The molecule has 172 valence electrons. The number of methoxy groups -OCH3 is 3. The van der Waals surface area contributed by atoms with E-state index >= 15 is 0 Å². The van der Waals surface area contributed by atoms with E-state index in [2.05, 4.69) is 5.32 Å². The van der Waals surface area contributed by atoms with Gasteiger partial charge in [0.1, 0.15) is 5.82 Å². The summed E-state index contributed by atoms with van der Waals surface area (Å²) in [5, 5.41) is 8.17. The summed E-state index contributed by atoms with van der Waals surface area (Å²) in [6, 6.07) is 13.4. The van der Waals surface area contributed by atoms with Crippen molar-refractivity contribution in [3.63, 3.8) is 0 Å². The third kappa shape index (κ3) is 3.26. The predicted octanol–water partition coefficient (Wildman–Crippen LogP) is 3.79. The summed E-state index contributed by atoms with van der Waals surface area (Å²) in [6.07, 6.45) is 0.428. The van der Waals surface area contributed by atoms with Crippen molar-refractivity contribution in [3.05, 3.63) is 69.9 Å². The van der Waals surface area contributed by atoms with Crippen molar-refractivity contribution in [2.75, 3.05) is 32.4 Å². The molecule has 3 aromatic rings. The highest BCUT2D eigenvalue weighted by molar-refractivity contribution is 7.95. The van der Waals surface area contributed by atoms with Crippen LogP contribution in [-0.2, 0) is 9.84 Å². The number of rotatable bonds is 5. The molecule has 0 bridgehead atoms. The van der Waals surface area contributed by atoms with Crippen molar-refractivity contribution in [1.29, 1.82) is 0 Å². The van der Waals surface area contributed by atoms with Crippen LogP contribution in [0.25, 0.3) is 5.69 Å². The van der Waals surface area contributed by atoms with Crippen LogP contribution in [0.4, 0.5) is 5.82 Å². The van der Waals surface area contributed by atoms with E-state index in [0.29, 0.717) is 34.3 Å². The molecular formula is C24H25N3O5S. The average Bonchev–Trinajstić information content (AvgIpc) is 3.33. The lowest BCUT2D eigenvalue weighted by atomic mass is 9.87. The maximum Gasteiger partial charge on any atom is 0.203 e. The summed E-state index contributed by atoms with van der Waals surface area (Å²) in [5.74, 6) is 1.70. The lowest BCUT2D eigenvalue weighted by Crippen LogP contribution is -2.21. The Labute approximate surface area is 192 Å². The standard InChI is InChI=1S/C24H25N3O5S/c1-14-20-21(15-12-18(30-2)22(32-4)19(13-15)31-3)23-17(10-11-33(23,28)29)25-24(20)27(26-14)16-8-6-5-7-9-16/h5-9,12-13,21,25H,10-11H2,1-4H3. The van der Waals surface area contributed by atoms with Gasteiger partial charge in [0.15, 0.2) is 21.3 Å². The summed E-state index contributed by atoms with van der Waals surface area (Å²) >= 11 is 0. The number of ether oxygens (including phenoxy) is 3. The van der Waals surface area contributed by atoms with Crippen molar-refractivity contribution in [2.45, 2.75) is 19.3 Å². The maximum absolute atomic E-state index is 13.2. The van der Waals surface area contributed by atoms with Gasteiger partial charge < -0.3 is 19.5 Å². The maximum atomic E-state index is 13.2. The van der Waals surface area contributed by atoms with Crippen LogP contribution in [0.2, 0.25) is 0 Å². The summed E-state index contributed by atoms with van der Waals surface area (Å²) in [5.41, 5.74) is 3.90. The third-order valence-electron chi connectivity index (χ3n) is 6.20. The van der Waals surface area contributed by atoms with Gasteiger partial charge in [-0.15, -0.1) is 0 Å². The molecule has 0 amide bonds. The van der Waals surface area contributed by atoms with Gasteiger partial charge in [0.25, 0.3) is 0 Å². The molecule has 2 aliphatic rings.